The number of nitro groups is 1. The highest BCUT2D eigenvalue weighted by Gasteiger charge is 2.23. The van der Waals surface area contributed by atoms with E-state index in [1.54, 1.807) is 19.1 Å². The van der Waals surface area contributed by atoms with Gasteiger partial charge in [0.05, 0.1) is 17.1 Å². The predicted molar refractivity (Wildman–Crippen MR) is 99.3 cm³/mol. The summed E-state index contributed by atoms with van der Waals surface area (Å²) in [7, 11) is 0. The molecule has 7 nitrogen and oxygen atoms in total. The molecule has 0 N–H and O–H groups in total. The van der Waals surface area contributed by atoms with Crippen molar-refractivity contribution >= 4 is 17.4 Å². The van der Waals surface area contributed by atoms with Gasteiger partial charge in [-0.25, -0.2) is 4.79 Å². The van der Waals surface area contributed by atoms with Gasteiger partial charge in [-0.3, -0.25) is 14.9 Å². The standard InChI is InChI=1S/C20H21NO6/c1-4-14-6-8-15(9-7-14)19(22)13(3)27-20(23)16-10-11-18(26-5-2)17(12-16)21(24)25/h6-13H,4-5H2,1-3H3/t13-/m0/s1. The molecule has 0 saturated heterocycles. The molecule has 7 heteroatoms. The van der Waals surface area contributed by atoms with Crippen LogP contribution in [0.5, 0.6) is 5.75 Å². The third-order valence-corrected chi connectivity index (χ3v) is 3.99. The second-order valence-electron chi connectivity index (χ2n) is 5.83. The van der Waals surface area contributed by atoms with Crippen molar-refractivity contribution in [3.63, 3.8) is 0 Å². The highest BCUT2D eigenvalue weighted by molar-refractivity contribution is 6.01. The van der Waals surface area contributed by atoms with Gasteiger partial charge in [-0.05, 0) is 38.0 Å². The Balaban J connectivity index is 2.14. The van der Waals surface area contributed by atoms with Crippen molar-refractivity contribution in [2.45, 2.75) is 33.3 Å². The summed E-state index contributed by atoms with van der Waals surface area (Å²) in [5, 5.41) is 11.2. The maximum atomic E-state index is 12.4. The maximum Gasteiger partial charge on any atom is 0.339 e. The van der Waals surface area contributed by atoms with Gasteiger partial charge >= 0.3 is 11.7 Å². The second-order valence-corrected chi connectivity index (χ2v) is 5.83. The topological polar surface area (TPSA) is 95.7 Å². The molecule has 0 heterocycles. The molecule has 27 heavy (non-hydrogen) atoms. The number of ether oxygens (including phenoxy) is 2. The lowest BCUT2D eigenvalue weighted by Crippen LogP contribution is -2.24. The van der Waals surface area contributed by atoms with Crippen LogP contribution in [-0.2, 0) is 11.2 Å². The summed E-state index contributed by atoms with van der Waals surface area (Å²) >= 11 is 0. The molecule has 0 aromatic heterocycles. The zero-order valence-corrected chi connectivity index (χ0v) is 15.4. The van der Waals surface area contributed by atoms with Crippen LogP contribution in [-0.4, -0.2) is 29.4 Å². The Morgan fingerprint density at radius 2 is 1.70 bits per heavy atom. The highest BCUT2D eigenvalue weighted by atomic mass is 16.6. The fourth-order valence-corrected chi connectivity index (χ4v) is 2.49. The number of esters is 1. The number of Topliss-reactive ketones (excluding diaryl/α,β-unsaturated/α-hetero) is 1. The number of rotatable bonds is 8. The molecule has 0 radical (unpaired) electrons. The van der Waals surface area contributed by atoms with Gasteiger partial charge in [0.1, 0.15) is 0 Å². The van der Waals surface area contributed by atoms with Gasteiger partial charge in [-0.1, -0.05) is 31.2 Å². The normalized spacial score (nSPS) is 11.5. The number of ketones is 1. The molecule has 2 rings (SSSR count). The fourth-order valence-electron chi connectivity index (χ4n) is 2.49. The van der Waals surface area contributed by atoms with Gasteiger partial charge in [0, 0.05) is 11.6 Å². The highest BCUT2D eigenvalue weighted by Crippen LogP contribution is 2.28. The minimum atomic E-state index is -1.02. The number of carbonyl (C=O) groups is 2. The Labute approximate surface area is 157 Å². The summed E-state index contributed by atoms with van der Waals surface area (Å²) in [6, 6.07) is 10.9. The van der Waals surface area contributed by atoms with Crippen LogP contribution in [0.4, 0.5) is 5.69 Å². The third kappa shape index (κ3) is 4.91. The molecule has 0 saturated carbocycles. The van der Waals surface area contributed by atoms with E-state index in [9.17, 15) is 19.7 Å². The Bertz CT molecular complexity index is 844. The van der Waals surface area contributed by atoms with Crippen molar-refractivity contribution in [3.8, 4) is 5.75 Å². The zero-order valence-electron chi connectivity index (χ0n) is 15.4. The molecule has 0 spiro atoms. The SMILES string of the molecule is CCOc1ccc(C(=O)O[C@@H](C)C(=O)c2ccc(CC)cc2)cc1[N+](=O)[O-]. The molecule has 0 aliphatic rings. The first-order valence-electron chi connectivity index (χ1n) is 8.62. The number of nitro benzene ring substituents is 1. The van der Waals surface area contributed by atoms with Crippen LogP contribution in [0.3, 0.4) is 0 Å². The maximum absolute atomic E-state index is 12.4. The van der Waals surface area contributed by atoms with E-state index in [1.807, 2.05) is 19.1 Å². The molecular formula is C20H21NO6. The lowest BCUT2D eigenvalue weighted by atomic mass is 10.0. The van der Waals surface area contributed by atoms with Crippen LogP contribution in [0, 0.1) is 10.1 Å². The Kier molecular flexibility index (Phi) is 6.65. The van der Waals surface area contributed by atoms with E-state index in [0.717, 1.165) is 18.1 Å². The van der Waals surface area contributed by atoms with Crippen LogP contribution in [0.15, 0.2) is 42.5 Å². The zero-order chi connectivity index (χ0) is 20.0. The predicted octanol–water partition coefficient (Wildman–Crippen LogP) is 3.98. The average molecular weight is 371 g/mol. The third-order valence-electron chi connectivity index (χ3n) is 3.99. The van der Waals surface area contributed by atoms with Crippen LogP contribution >= 0.6 is 0 Å². The lowest BCUT2D eigenvalue weighted by Gasteiger charge is -2.13. The molecule has 0 amide bonds. The van der Waals surface area contributed by atoms with Crippen LogP contribution < -0.4 is 4.74 Å². The summed E-state index contributed by atoms with van der Waals surface area (Å²) in [5.74, 6) is -1.09. The van der Waals surface area contributed by atoms with Crippen molar-refractivity contribution < 1.29 is 24.0 Å². The largest absolute Gasteiger partial charge is 0.487 e. The molecule has 0 unspecified atom stereocenters. The van der Waals surface area contributed by atoms with Crippen LogP contribution in [0.2, 0.25) is 0 Å². The van der Waals surface area contributed by atoms with E-state index in [2.05, 4.69) is 0 Å². The van der Waals surface area contributed by atoms with Crippen LogP contribution in [0.25, 0.3) is 0 Å². The first kappa shape index (κ1) is 20.1. The van der Waals surface area contributed by atoms with E-state index in [4.69, 9.17) is 9.47 Å². The molecule has 2 aromatic carbocycles. The number of carbonyl (C=O) groups excluding carboxylic acids is 2. The molecule has 2 aromatic rings. The molecule has 0 aliphatic carbocycles. The first-order chi connectivity index (χ1) is 12.9. The number of nitrogens with zero attached hydrogens (tertiary/aromatic N) is 1. The molecule has 1 atom stereocenters. The van der Waals surface area contributed by atoms with E-state index >= 15 is 0 Å². The van der Waals surface area contributed by atoms with E-state index in [1.165, 1.54) is 19.1 Å². The van der Waals surface area contributed by atoms with Crippen molar-refractivity contribution in [1.29, 1.82) is 0 Å². The van der Waals surface area contributed by atoms with Crippen molar-refractivity contribution in [2.75, 3.05) is 6.61 Å². The van der Waals surface area contributed by atoms with Gasteiger partial charge in [0.2, 0.25) is 5.78 Å². The minimum absolute atomic E-state index is 0.0221. The summed E-state index contributed by atoms with van der Waals surface area (Å²) in [6.45, 7) is 5.44. The molecule has 0 bridgehead atoms. The van der Waals surface area contributed by atoms with Crippen LogP contribution in [0.1, 0.15) is 47.1 Å². The summed E-state index contributed by atoms with van der Waals surface area (Å²) in [5.41, 5.74) is 1.18. The van der Waals surface area contributed by atoms with Gasteiger partial charge in [0.15, 0.2) is 11.9 Å². The monoisotopic (exact) mass is 371 g/mol. The molecular weight excluding hydrogens is 350 g/mol. The Hall–Kier alpha value is -3.22. The van der Waals surface area contributed by atoms with Gasteiger partial charge < -0.3 is 9.47 Å². The van der Waals surface area contributed by atoms with Crippen molar-refractivity contribution in [3.05, 3.63) is 69.3 Å². The molecule has 142 valence electrons. The number of hydrogen-bond donors (Lipinski definition) is 0. The van der Waals surface area contributed by atoms with Gasteiger partial charge in [0.25, 0.3) is 0 Å². The average Bonchev–Trinajstić information content (AvgIpc) is 2.67. The van der Waals surface area contributed by atoms with Gasteiger partial charge in [-0.15, -0.1) is 0 Å². The van der Waals surface area contributed by atoms with Crippen molar-refractivity contribution in [2.24, 2.45) is 0 Å². The first-order valence-corrected chi connectivity index (χ1v) is 8.62. The van der Waals surface area contributed by atoms with Gasteiger partial charge in [-0.2, -0.15) is 0 Å². The molecule has 0 aliphatic heterocycles. The fraction of sp³-hybridized carbons (Fsp3) is 0.300. The van der Waals surface area contributed by atoms with E-state index in [0.29, 0.717) is 5.56 Å². The smallest absolute Gasteiger partial charge is 0.339 e. The molecule has 0 fully saturated rings. The van der Waals surface area contributed by atoms with Crippen molar-refractivity contribution in [1.82, 2.24) is 0 Å². The minimum Gasteiger partial charge on any atom is -0.487 e. The lowest BCUT2D eigenvalue weighted by molar-refractivity contribution is -0.385. The van der Waals surface area contributed by atoms with E-state index < -0.39 is 17.0 Å². The summed E-state index contributed by atoms with van der Waals surface area (Å²) < 4.78 is 10.4. The Morgan fingerprint density at radius 1 is 1.07 bits per heavy atom. The number of hydrogen-bond acceptors (Lipinski definition) is 6. The number of benzene rings is 2. The quantitative estimate of drug-likeness (QED) is 0.301. The van der Waals surface area contributed by atoms with E-state index in [-0.39, 0.29) is 29.4 Å². The second kappa shape index (κ2) is 8.93. The summed E-state index contributed by atoms with van der Waals surface area (Å²) in [6.07, 6.45) is -0.161. The summed E-state index contributed by atoms with van der Waals surface area (Å²) in [4.78, 5) is 35.2. The number of aryl methyl sites for hydroxylation is 1. The Morgan fingerprint density at radius 3 is 2.26 bits per heavy atom.